The Bertz CT molecular complexity index is 549. The lowest BCUT2D eigenvalue weighted by atomic mass is 10.0. The lowest BCUT2D eigenvalue weighted by Crippen LogP contribution is -2.45. The van der Waals surface area contributed by atoms with Crippen molar-refractivity contribution in [3.8, 4) is 0 Å². The molecule has 1 saturated heterocycles. The number of rotatable bonds is 3. The standard InChI is InChI=1S/C13H14ClFN2O4/c1-17(11-6-21-5-10(11)12(18)19)13(20)16-9-3-7(14)2-8(15)4-9/h2-4,10-11H,5-6H2,1H3,(H,16,20)(H,18,19). The number of ether oxygens (including phenoxy) is 1. The highest BCUT2D eigenvalue weighted by molar-refractivity contribution is 6.30. The number of amides is 2. The van der Waals surface area contributed by atoms with Crippen LogP contribution in [-0.4, -0.2) is 48.3 Å². The molecule has 0 aliphatic carbocycles. The molecule has 1 heterocycles. The number of carbonyl (C=O) groups is 2. The number of nitrogens with one attached hydrogen (secondary N) is 1. The number of carboxylic acid groups (broad SMARTS) is 1. The number of carboxylic acids is 1. The van der Waals surface area contributed by atoms with E-state index in [9.17, 15) is 14.0 Å². The fourth-order valence-electron chi connectivity index (χ4n) is 2.15. The number of urea groups is 1. The van der Waals surface area contributed by atoms with E-state index in [-0.39, 0.29) is 23.9 Å². The van der Waals surface area contributed by atoms with Gasteiger partial charge in [0.1, 0.15) is 11.7 Å². The second-order valence-corrected chi connectivity index (χ2v) is 5.19. The number of carbonyl (C=O) groups excluding carboxylic acids is 1. The molecule has 114 valence electrons. The van der Waals surface area contributed by atoms with Crippen molar-refractivity contribution >= 4 is 29.3 Å². The van der Waals surface area contributed by atoms with Crippen LogP contribution in [0.15, 0.2) is 18.2 Å². The Hall–Kier alpha value is -1.86. The average Bonchev–Trinajstić information content (AvgIpc) is 2.85. The molecule has 2 unspecified atom stereocenters. The normalized spacial score (nSPS) is 21.1. The van der Waals surface area contributed by atoms with Gasteiger partial charge in [0.25, 0.3) is 0 Å². The van der Waals surface area contributed by atoms with Crippen LogP contribution in [-0.2, 0) is 9.53 Å². The van der Waals surface area contributed by atoms with Gasteiger partial charge in [0.15, 0.2) is 0 Å². The van der Waals surface area contributed by atoms with Crippen LogP contribution >= 0.6 is 11.6 Å². The molecule has 0 radical (unpaired) electrons. The zero-order chi connectivity index (χ0) is 15.6. The van der Waals surface area contributed by atoms with Crippen molar-refractivity contribution in [2.75, 3.05) is 25.6 Å². The maximum absolute atomic E-state index is 13.2. The number of anilines is 1. The van der Waals surface area contributed by atoms with E-state index in [4.69, 9.17) is 21.4 Å². The second-order valence-electron chi connectivity index (χ2n) is 4.75. The van der Waals surface area contributed by atoms with E-state index < -0.39 is 29.8 Å². The summed E-state index contributed by atoms with van der Waals surface area (Å²) < 4.78 is 18.3. The van der Waals surface area contributed by atoms with E-state index in [1.54, 1.807) is 0 Å². The van der Waals surface area contributed by atoms with Crippen LogP contribution in [0, 0.1) is 11.7 Å². The van der Waals surface area contributed by atoms with Gasteiger partial charge in [0, 0.05) is 17.8 Å². The van der Waals surface area contributed by atoms with Gasteiger partial charge >= 0.3 is 12.0 Å². The van der Waals surface area contributed by atoms with Gasteiger partial charge in [0.2, 0.25) is 0 Å². The van der Waals surface area contributed by atoms with E-state index in [0.717, 1.165) is 12.1 Å². The largest absolute Gasteiger partial charge is 0.481 e. The predicted molar refractivity (Wildman–Crippen MR) is 73.9 cm³/mol. The van der Waals surface area contributed by atoms with E-state index in [1.807, 2.05) is 0 Å². The molecule has 2 rings (SSSR count). The van der Waals surface area contributed by atoms with Crippen LogP contribution in [0.25, 0.3) is 0 Å². The fourth-order valence-corrected chi connectivity index (χ4v) is 2.37. The van der Waals surface area contributed by atoms with E-state index in [1.165, 1.54) is 18.0 Å². The first kappa shape index (κ1) is 15.5. The molecule has 2 amide bonds. The van der Waals surface area contributed by atoms with Gasteiger partial charge in [-0.1, -0.05) is 11.6 Å². The van der Waals surface area contributed by atoms with Crippen LogP contribution < -0.4 is 5.32 Å². The molecule has 0 saturated carbocycles. The lowest BCUT2D eigenvalue weighted by Gasteiger charge is -2.26. The molecule has 1 aliphatic heterocycles. The van der Waals surface area contributed by atoms with Gasteiger partial charge in [-0.05, 0) is 18.2 Å². The summed E-state index contributed by atoms with van der Waals surface area (Å²) in [5.74, 6) is -2.38. The first-order valence-electron chi connectivity index (χ1n) is 6.19. The number of nitrogens with zero attached hydrogens (tertiary/aromatic N) is 1. The molecule has 2 N–H and O–H groups in total. The minimum Gasteiger partial charge on any atom is -0.481 e. The third-order valence-corrected chi connectivity index (χ3v) is 3.52. The summed E-state index contributed by atoms with van der Waals surface area (Å²) in [5, 5.41) is 11.7. The molecule has 6 nitrogen and oxygen atoms in total. The summed E-state index contributed by atoms with van der Waals surface area (Å²) in [6.45, 7) is 0.203. The van der Waals surface area contributed by atoms with Gasteiger partial charge in [0.05, 0.1) is 19.3 Å². The molecule has 2 atom stereocenters. The fraction of sp³-hybridized carbons (Fsp3) is 0.385. The summed E-state index contributed by atoms with van der Waals surface area (Å²) in [4.78, 5) is 24.4. The predicted octanol–water partition coefficient (Wildman–Crippen LogP) is 2.04. The number of aliphatic carboxylic acids is 1. The van der Waals surface area contributed by atoms with E-state index in [2.05, 4.69) is 5.32 Å². The molecule has 0 bridgehead atoms. The number of hydrogen-bond donors (Lipinski definition) is 2. The van der Waals surface area contributed by atoms with Gasteiger partial charge in [-0.15, -0.1) is 0 Å². The first-order valence-corrected chi connectivity index (χ1v) is 6.56. The number of halogens is 2. The SMILES string of the molecule is CN(C(=O)Nc1cc(F)cc(Cl)c1)C1COCC1C(=O)O. The van der Waals surface area contributed by atoms with Crippen molar-refractivity contribution in [3.05, 3.63) is 29.0 Å². The van der Waals surface area contributed by atoms with Crippen molar-refractivity contribution in [1.29, 1.82) is 0 Å². The molecule has 1 aliphatic rings. The first-order chi connectivity index (χ1) is 9.88. The molecule has 1 aromatic rings. The lowest BCUT2D eigenvalue weighted by molar-refractivity contribution is -0.142. The molecular weight excluding hydrogens is 303 g/mol. The van der Waals surface area contributed by atoms with Gasteiger partial charge in [-0.3, -0.25) is 4.79 Å². The molecular formula is C13H14ClFN2O4. The van der Waals surface area contributed by atoms with Crippen LogP contribution in [0.3, 0.4) is 0 Å². The summed E-state index contributed by atoms with van der Waals surface area (Å²) in [6, 6.07) is 2.50. The van der Waals surface area contributed by atoms with Crippen molar-refractivity contribution < 1.29 is 23.8 Å². The smallest absolute Gasteiger partial charge is 0.321 e. The Morgan fingerprint density at radius 1 is 1.43 bits per heavy atom. The Kier molecular flexibility index (Phi) is 4.64. The van der Waals surface area contributed by atoms with Crippen molar-refractivity contribution in [2.24, 2.45) is 5.92 Å². The molecule has 0 spiro atoms. The zero-order valence-corrected chi connectivity index (χ0v) is 11.9. The van der Waals surface area contributed by atoms with Crippen LogP contribution in [0.5, 0.6) is 0 Å². The van der Waals surface area contributed by atoms with Crippen molar-refractivity contribution in [1.82, 2.24) is 4.90 Å². The van der Waals surface area contributed by atoms with Gasteiger partial charge in [-0.2, -0.15) is 0 Å². The highest BCUT2D eigenvalue weighted by atomic mass is 35.5. The Morgan fingerprint density at radius 2 is 2.14 bits per heavy atom. The topological polar surface area (TPSA) is 78.9 Å². The second kappa shape index (κ2) is 6.28. The molecule has 1 aromatic carbocycles. The van der Waals surface area contributed by atoms with Crippen molar-refractivity contribution in [3.63, 3.8) is 0 Å². The summed E-state index contributed by atoms with van der Waals surface area (Å²) in [5.41, 5.74) is 0.197. The van der Waals surface area contributed by atoms with E-state index >= 15 is 0 Å². The van der Waals surface area contributed by atoms with Crippen molar-refractivity contribution in [2.45, 2.75) is 6.04 Å². The summed E-state index contributed by atoms with van der Waals surface area (Å²) in [6.07, 6.45) is 0. The molecule has 0 aromatic heterocycles. The molecule has 1 fully saturated rings. The number of hydrogen-bond acceptors (Lipinski definition) is 3. The third kappa shape index (κ3) is 3.62. The number of benzene rings is 1. The average molecular weight is 317 g/mol. The van der Waals surface area contributed by atoms with Gasteiger partial charge < -0.3 is 20.1 Å². The quantitative estimate of drug-likeness (QED) is 0.894. The third-order valence-electron chi connectivity index (χ3n) is 3.30. The van der Waals surface area contributed by atoms with Crippen LogP contribution in [0.4, 0.5) is 14.9 Å². The maximum Gasteiger partial charge on any atom is 0.321 e. The summed E-state index contributed by atoms with van der Waals surface area (Å²) >= 11 is 5.70. The highest BCUT2D eigenvalue weighted by Crippen LogP contribution is 2.21. The molecule has 8 heteroatoms. The zero-order valence-electron chi connectivity index (χ0n) is 11.2. The minimum atomic E-state index is -1.02. The van der Waals surface area contributed by atoms with Crippen LogP contribution in [0.2, 0.25) is 5.02 Å². The maximum atomic E-state index is 13.2. The number of likely N-dealkylation sites (N-methyl/N-ethyl adjacent to an activating group) is 1. The molecule has 21 heavy (non-hydrogen) atoms. The Balaban J connectivity index is 2.07. The summed E-state index contributed by atoms with van der Waals surface area (Å²) in [7, 11) is 1.46. The van der Waals surface area contributed by atoms with E-state index in [0.29, 0.717) is 0 Å². The monoisotopic (exact) mass is 316 g/mol. The van der Waals surface area contributed by atoms with Gasteiger partial charge in [-0.25, -0.2) is 9.18 Å². The minimum absolute atomic E-state index is 0.0589. The highest BCUT2D eigenvalue weighted by Gasteiger charge is 2.38. The van der Waals surface area contributed by atoms with Crippen LogP contribution in [0.1, 0.15) is 0 Å². The Labute approximate surface area is 125 Å². The Morgan fingerprint density at radius 3 is 2.76 bits per heavy atom.